The zero-order valence-electron chi connectivity index (χ0n) is 15.5. The molecule has 1 aliphatic rings. The first-order chi connectivity index (χ1) is 13.2. The number of carbonyl (C=O) groups excluding carboxylic acids is 1. The third kappa shape index (κ3) is 4.99. The van der Waals surface area contributed by atoms with Gasteiger partial charge in [0.05, 0.1) is 18.4 Å². The SMILES string of the molecule is COc1cccc(CCN2CCN(C(=O)Nc3ccccc3C#N)CC2)c1. The number of methoxy groups -OCH3 is 1. The predicted octanol–water partition coefficient (Wildman–Crippen LogP) is 2.96. The van der Waals surface area contributed by atoms with E-state index in [-0.39, 0.29) is 6.03 Å². The van der Waals surface area contributed by atoms with E-state index in [1.165, 1.54) is 5.56 Å². The summed E-state index contributed by atoms with van der Waals surface area (Å²) in [5, 5.41) is 12.0. The highest BCUT2D eigenvalue weighted by molar-refractivity contribution is 5.90. The van der Waals surface area contributed by atoms with Gasteiger partial charge in [-0.2, -0.15) is 5.26 Å². The second kappa shape index (κ2) is 9.06. The summed E-state index contributed by atoms with van der Waals surface area (Å²) in [7, 11) is 1.68. The number of carbonyl (C=O) groups is 1. The third-order valence-corrected chi connectivity index (χ3v) is 4.80. The number of ether oxygens (including phenoxy) is 1. The van der Waals surface area contributed by atoms with Gasteiger partial charge < -0.3 is 15.0 Å². The van der Waals surface area contributed by atoms with Crippen molar-refractivity contribution in [3.8, 4) is 11.8 Å². The zero-order valence-corrected chi connectivity index (χ0v) is 15.5. The van der Waals surface area contributed by atoms with Gasteiger partial charge in [0.2, 0.25) is 0 Å². The number of urea groups is 1. The summed E-state index contributed by atoms with van der Waals surface area (Å²) in [6, 6.07) is 17.1. The van der Waals surface area contributed by atoms with Crippen LogP contribution in [0.1, 0.15) is 11.1 Å². The molecule has 1 aliphatic heterocycles. The quantitative estimate of drug-likeness (QED) is 0.886. The lowest BCUT2D eigenvalue weighted by Gasteiger charge is -2.34. The average molecular weight is 364 g/mol. The van der Waals surface area contributed by atoms with E-state index in [2.05, 4.69) is 28.4 Å². The Labute approximate surface area is 160 Å². The zero-order chi connectivity index (χ0) is 19.1. The van der Waals surface area contributed by atoms with Gasteiger partial charge in [-0.3, -0.25) is 4.90 Å². The molecule has 0 saturated carbocycles. The van der Waals surface area contributed by atoms with Gasteiger partial charge in [-0.25, -0.2) is 4.79 Å². The van der Waals surface area contributed by atoms with Gasteiger partial charge >= 0.3 is 6.03 Å². The number of anilines is 1. The molecule has 27 heavy (non-hydrogen) atoms. The summed E-state index contributed by atoms with van der Waals surface area (Å²) in [6.45, 7) is 4.01. The molecule has 0 unspecified atom stereocenters. The van der Waals surface area contributed by atoms with Crippen LogP contribution in [-0.4, -0.2) is 55.7 Å². The van der Waals surface area contributed by atoms with Crippen LogP contribution in [0.15, 0.2) is 48.5 Å². The lowest BCUT2D eigenvalue weighted by atomic mass is 10.1. The van der Waals surface area contributed by atoms with E-state index in [1.807, 2.05) is 18.2 Å². The Morgan fingerprint density at radius 2 is 1.93 bits per heavy atom. The molecule has 0 radical (unpaired) electrons. The molecule has 2 amide bonds. The van der Waals surface area contributed by atoms with E-state index in [4.69, 9.17) is 10.00 Å². The number of hydrogen-bond acceptors (Lipinski definition) is 4. The summed E-state index contributed by atoms with van der Waals surface area (Å²) in [5.74, 6) is 0.881. The number of piperazine rings is 1. The van der Waals surface area contributed by atoms with Crippen LogP contribution in [0.5, 0.6) is 5.75 Å². The fraction of sp³-hybridized carbons (Fsp3) is 0.333. The van der Waals surface area contributed by atoms with Crippen molar-refractivity contribution in [1.82, 2.24) is 9.80 Å². The van der Waals surface area contributed by atoms with Gasteiger partial charge in [0.15, 0.2) is 0 Å². The second-order valence-electron chi connectivity index (χ2n) is 6.52. The normalized spacial score (nSPS) is 14.4. The molecule has 1 saturated heterocycles. The summed E-state index contributed by atoms with van der Waals surface area (Å²) in [5.41, 5.74) is 2.29. The molecule has 6 heteroatoms. The maximum atomic E-state index is 12.5. The van der Waals surface area contributed by atoms with E-state index < -0.39 is 0 Å². The number of nitriles is 1. The van der Waals surface area contributed by atoms with Crippen LogP contribution < -0.4 is 10.1 Å². The van der Waals surface area contributed by atoms with Crippen molar-refractivity contribution < 1.29 is 9.53 Å². The minimum Gasteiger partial charge on any atom is -0.497 e. The van der Waals surface area contributed by atoms with Crippen molar-refractivity contribution in [2.45, 2.75) is 6.42 Å². The molecule has 0 atom stereocenters. The van der Waals surface area contributed by atoms with Gasteiger partial charge in [0.25, 0.3) is 0 Å². The molecule has 0 aromatic heterocycles. The summed E-state index contributed by atoms with van der Waals surface area (Å²) < 4.78 is 5.27. The average Bonchev–Trinajstić information content (AvgIpc) is 2.73. The topological polar surface area (TPSA) is 68.6 Å². The van der Waals surface area contributed by atoms with Crippen molar-refractivity contribution >= 4 is 11.7 Å². The first-order valence-corrected chi connectivity index (χ1v) is 9.10. The molecule has 0 aliphatic carbocycles. The Morgan fingerprint density at radius 3 is 2.67 bits per heavy atom. The monoisotopic (exact) mass is 364 g/mol. The molecule has 0 spiro atoms. The molecular formula is C21H24N4O2. The van der Waals surface area contributed by atoms with Crippen LogP contribution in [0.4, 0.5) is 10.5 Å². The van der Waals surface area contributed by atoms with E-state index in [0.717, 1.165) is 31.8 Å². The minimum absolute atomic E-state index is 0.148. The van der Waals surface area contributed by atoms with E-state index in [1.54, 1.807) is 30.2 Å². The van der Waals surface area contributed by atoms with Crippen LogP contribution in [0.3, 0.4) is 0 Å². The molecule has 1 fully saturated rings. The highest BCUT2D eigenvalue weighted by Crippen LogP contribution is 2.16. The summed E-state index contributed by atoms with van der Waals surface area (Å²) >= 11 is 0. The molecule has 2 aromatic rings. The van der Waals surface area contributed by atoms with Crippen molar-refractivity contribution in [3.63, 3.8) is 0 Å². The van der Waals surface area contributed by atoms with Gasteiger partial charge in [-0.1, -0.05) is 24.3 Å². The number of nitrogens with zero attached hydrogens (tertiary/aromatic N) is 3. The maximum Gasteiger partial charge on any atom is 0.321 e. The van der Waals surface area contributed by atoms with Crippen molar-refractivity contribution in [1.29, 1.82) is 5.26 Å². The smallest absolute Gasteiger partial charge is 0.321 e. The Morgan fingerprint density at radius 1 is 1.15 bits per heavy atom. The predicted molar refractivity (Wildman–Crippen MR) is 105 cm³/mol. The van der Waals surface area contributed by atoms with Gasteiger partial charge in [0.1, 0.15) is 11.8 Å². The minimum atomic E-state index is -0.148. The van der Waals surface area contributed by atoms with Gasteiger partial charge in [-0.05, 0) is 36.2 Å². The first-order valence-electron chi connectivity index (χ1n) is 9.10. The maximum absolute atomic E-state index is 12.5. The highest BCUT2D eigenvalue weighted by Gasteiger charge is 2.21. The molecular weight excluding hydrogens is 340 g/mol. The number of hydrogen-bond donors (Lipinski definition) is 1. The molecule has 3 rings (SSSR count). The first kappa shape index (κ1) is 18.7. The molecule has 1 N–H and O–H groups in total. The second-order valence-corrected chi connectivity index (χ2v) is 6.52. The van der Waals surface area contributed by atoms with Crippen LogP contribution in [-0.2, 0) is 6.42 Å². The standard InChI is InChI=1S/C21H24N4O2/c1-27-19-7-4-5-17(15-19)9-10-24-11-13-25(14-12-24)21(26)23-20-8-3-2-6-18(20)16-22/h2-8,15H,9-14H2,1H3,(H,23,26). The van der Waals surface area contributed by atoms with E-state index in [9.17, 15) is 4.79 Å². The Balaban J connectivity index is 1.47. The van der Waals surface area contributed by atoms with Crippen molar-refractivity contribution in [2.75, 3.05) is 45.2 Å². The highest BCUT2D eigenvalue weighted by atomic mass is 16.5. The molecule has 0 bridgehead atoms. The van der Waals surface area contributed by atoms with Crippen molar-refractivity contribution in [2.24, 2.45) is 0 Å². The fourth-order valence-electron chi connectivity index (χ4n) is 3.17. The lowest BCUT2D eigenvalue weighted by molar-refractivity contribution is 0.148. The largest absolute Gasteiger partial charge is 0.497 e. The molecule has 140 valence electrons. The van der Waals surface area contributed by atoms with Gasteiger partial charge in [0, 0.05) is 32.7 Å². The molecule has 6 nitrogen and oxygen atoms in total. The number of amides is 2. The number of benzene rings is 2. The molecule has 1 heterocycles. The van der Waals surface area contributed by atoms with Gasteiger partial charge in [-0.15, -0.1) is 0 Å². The Hall–Kier alpha value is -3.04. The van der Waals surface area contributed by atoms with Crippen LogP contribution in [0.25, 0.3) is 0 Å². The Bertz CT molecular complexity index is 823. The number of para-hydroxylation sites is 1. The third-order valence-electron chi connectivity index (χ3n) is 4.80. The van der Waals surface area contributed by atoms with E-state index >= 15 is 0 Å². The van der Waals surface area contributed by atoms with Crippen LogP contribution >= 0.6 is 0 Å². The van der Waals surface area contributed by atoms with Crippen LogP contribution in [0.2, 0.25) is 0 Å². The number of nitrogens with one attached hydrogen (secondary N) is 1. The fourth-order valence-corrected chi connectivity index (χ4v) is 3.17. The van der Waals surface area contributed by atoms with E-state index in [0.29, 0.717) is 24.3 Å². The van der Waals surface area contributed by atoms with Crippen LogP contribution in [0, 0.1) is 11.3 Å². The summed E-state index contributed by atoms with van der Waals surface area (Å²) in [4.78, 5) is 16.6. The Kier molecular flexibility index (Phi) is 6.29. The number of rotatable bonds is 5. The lowest BCUT2D eigenvalue weighted by Crippen LogP contribution is -2.50. The van der Waals surface area contributed by atoms with Crippen molar-refractivity contribution in [3.05, 3.63) is 59.7 Å². The molecule has 2 aromatic carbocycles. The summed E-state index contributed by atoms with van der Waals surface area (Å²) in [6.07, 6.45) is 0.957.